The molecule has 31 heavy (non-hydrogen) atoms. The quantitative estimate of drug-likeness (QED) is 0.231. The van der Waals surface area contributed by atoms with Crippen LogP contribution >= 0.6 is 11.3 Å². The molecular formula is C30H40S. The van der Waals surface area contributed by atoms with Crippen molar-refractivity contribution in [2.45, 2.75) is 78.1 Å². The van der Waals surface area contributed by atoms with E-state index in [0.29, 0.717) is 0 Å². The zero-order valence-electron chi connectivity index (χ0n) is 19.6. The van der Waals surface area contributed by atoms with Crippen molar-refractivity contribution in [3.8, 4) is 0 Å². The molecule has 0 amide bonds. The molecule has 0 unspecified atom stereocenters. The average Bonchev–Trinajstić information content (AvgIpc) is 3.31. The predicted molar refractivity (Wildman–Crippen MR) is 143 cm³/mol. The third-order valence-corrected chi connectivity index (χ3v) is 6.38. The van der Waals surface area contributed by atoms with Crippen LogP contribution in [0.2, 0.25) is 0 Å². The Morgan fingerprint density at radius 1 is 0.452 bits per heavy atom. The summed E-state index contributed by atoms with van der Waals surface area (Å²) in [7, 11) is 0. The van der Waals surface area contributed by atoms with Gasteiger partial charge in [-0.15, -0.1) is 11.3 Å². The first-order chi connectivity index (χ1) is 15.3. The van der Waals surface area contributed by atoms with E-state index in [9.17, 15) is 0 Å². The van der Waals surface area contributed by atoms with Gasteiger partial charge in [-0.05, 0) is 33.7 Å². The second kappa shape index (κ2) is 16.6. The van der Waals surface area contributed by atoms with Crippen LogP contribution in [0.25, 0.3) is 20.9 Å². The third kappa shape index (κ3) is 10.6. The second-order valence-corrected chi connectivity index (χ2v) is 9.08. The van der Waals surface area contributed by atoms with Crippen molar-refractivity contribution in [1.82, 2.24) is 0 Å². The second-order valence-electron chi connectivity index (χ2n) is 8.13. The Labute approximate surface area is 194 Å². The summed E-state index contributed by atoms with van der Waals surface area (Å²) < 4.78 is 1.37. The maximum atomic E-state index is 2.28. The molecule has 0 N–H and O–H groups in total. The minimum absolute atomic E-state index is 1.31. The van der Waals surface area contributed by atoms with E-state index >= 15 is 0 Å². The summed E-state index contributed by atoms with van der Waals surface area (Å²) in [6.45, 7) is 4.56. The molecule has 4 rings (SSSR count). The van der Waals surface area contributed by atoms with Crippen LogP contribution in [0.3, 0.4) is 0 Å². The Hall–Kier alpha value is -2.12. The van der Waals surface area contributed by atoms with Gasteiger partial charge in [-0.2, -0.15) is 0 Å². The Morgan fingerprint density at radius 3 is 1.26 bits per heavy atom. The molecular weight excluding hydrogens is 392 g/mol. The summed E-state index contributed by atoms with van der Waals surface area (Å²) in [6, 6.07) is 27.3. The zero-order valence-corrected chi connectivity index (χ0v) is 20.4. The van der Waals surface area contributed by atoms with Crippen molar-refractivity contribution in [1.29, 1.82) is 0 Å². The number of hydrogen-bond donors (Lipinski definition) is 0. The van der Waals surface area contributed by atoms with Crippen molar-refractivity contribution in [2.75, 3.05) is 0 Å². The highest BCUT2D eigenvalue weighted by atomic mass is 32.1. The maximum absolute atomic E-state index is 2.28. The van der Waals surface area contributed by atoms with Crippen LogP contribution in [0.15, 0.2) is 84.2 Å². The zero-order chi connectivity index (χ0) is 22.0. The molecule has 3 aromatic carbocycles. The van der Waals surface area contributed by atoms with Gasteiger partial charge in [0.15, 0.2) is 0 Å². The number of rotatable bonds is 9. The Balaban J connectivity index is 0.000000166. The van der Waals surface area contributed by atoms with Crippen molar-refractivity contribution in [3.63, 3.8) is 0 Å². The molecule has 0 aliphatic carbocycles. The summed E-state index contributed by atoms with van der Waals surface area (Å²) in [4.78, 5) is 0. The first kappa shape index (κ1) is 25.1. The third-order valence-electron chi connectivity index (χ3n) is 5.48. The number of benzene rings is 3. The Morgan fingerprint density at radius 2 is 0.839 bits per heavy atom. The minimum Gasteiger partial charge on any atom is -0.144 e. The summed E-state index contributed by atoms with van der Waals surface area (Å²) in [5, 5.41) is 6.09. The number of thiophene rings is 1. The lowest BCUT2D eigenvalue weighted by molar-refractivity contribution is 0.562. The van der Waals surface area contributed by atoms with Crippen molar-refractivity contribution in [3.05, 3.63) is 84.2 Å². The van der Waals surface area contributed by atoms with E-state index in [1.807, 2.05) is 0 Å². The normalized spacial score (nSPS) is 10.3. The molecule has 0 aliphatic rings. The first-order valence-electron chi connectivity index (χ1n) is 12.2. The van der Waals surface area contributed by atoms with Crippen molar-refractivity contribution >= 4 is 32.2 Å². The molecule has 4 aromatic rings. The summed E-state index contributed by atoms with van der Waals surface area (Å²) in [6.07, 6.45) is 14.4. The fourth-order valence-corrected chi connectivity index (χ4v) is 4.39. The molecule has 0 atom stereocenters. The van der Waals surface area contributed by atoms with Gasteiger partial charge in [-0.25, -0.2) is 0 Å². The first-order valence-corrected chi connectivity index (χ1v) is 13.1. The fraction of sp³-hybridized carbons (Fsp3) is 0.400. The molecule has 0 saturated heterocycles. The molecule has 0 saturated carbocycles. The molecule has 0 radical (unpaired) electrons. The molecule has 0 nitrogen and oxygen atoms in total. The van der Waals surface area contributed by atoms with Crippen LogP contribution in [0, 0.1) is 0 Å². The van der Waals surface area contributed by atoms with E-state index in [0.717, 1.165) is 0 Å². The Kier molecular flexibility index (Phi) is 13.4. The van der Waals surface area contributed by atoms with E-state index in [1.54, 1.807) is 11.3 Å². The number of unbranched alkanes of at least 4 members (excludes halogenated alkanes) is 9. The highest BCUT2D eigenvalue weighted by molar-refractivity contribution is 7.17. The standard InChI is InChI=1S/C12H26.C10H8.C8H6S/c1-3-5-7-9-11-12-10-8-6-4-2;1-2-6-10-8-4-3-7-9(10)5-1;1-2-4-8-7(3-1)5-6-9-8/h3-12H2,1-2H3;1-8H;1-6H. The molecule has 1 heteroatoms. The summed E-state index contributed by atoms with van der Waals surface area (Å²) in [5.41, 5.74) is 0. The maximum Gasteiger partial charge on any atom is 0.0342 e. The summed E-state index contributed by atoms with van der Waals surface area (Å²) >= 11 is 1.79. The molecule has 1 aromatic heterocycles. The minimum atomic E-state index is 1.31. The lowest BCUT2D eigenvalue weighted by Crippen LogP contribution is -1.80. The SMILES string of the molecule is CCCCCCCCCCCC.c1ccc2ccccc2c1.c1ccc2sccc2c1. The molecule has 1 heterocycles. The van der Waals surface area contributed by atoms with E-state index in [4.69, 9.17) is 0 Å². The van der Waals surface area contributed by atoms with Crippen LogP contribution in [0.4, 0.5) is 0 Å². The van der Waals surface area contributed by atoms with Crippen molar-refractivity contribution < 1.29 is 0 Å². The van der Waals surface area contributed by atoms with Gasteiger partial charge < -0.3 is 0 Å². The van der Waals surface area contributed by atoms with E-state index < -0.39 is 0 Å². The fourth-order valence-electron chi connectivity index (χ4n) is 3.60. The highest BCUT2D eigenvalue weighted by Crippen LogP contribution is 2.18. The topological polar surface area (TPSA) is 0 Å². The number of hydrogen-bond acceptors (Lipinski definition) is 1. The van der Waals surface area contributed by atoms with Gasteiger partial charge in [-0.3, -0.25) is 0 Å². The van der Waals surface area contributed by atoms with Crippen LogP contribution < -0.4 is 0 Å². The van der Waals surface area contributed by atoms with Gasteiger partial charge >= 0.3 is 0 Å². The molecule has 166 valence electrons. The van der Waals surface area contributed by atoms with Gasteiger partial charge in [0.2, 0.25) is 0 Å². The van der Waals surface area contributed by atoms with Gasteiger partial charge in [0.25, 0.3) is 0 Å². The van der Waals surface area contributed by atoms with Crippen LogP contribution in [-0.4, -0.2) is 0 Å². The van der Waals surface area contributed by atoms with E-state index in [2.05, 4.69) is 98.1 Å². The highest BCUT2D eigenvalue weighted by Gasteiger charge is 1.90. The summed E-state index contributed by atoms with van der Waals surface area (Å²) in [5.74, 6) is 0. The van der Waals surface area contributed by atoms with Gasteiger partial charge in [0.05, 0.1) is 0 Å². The lowest BCUT2D eigenvalue weighted by atomic mass is 10.1. The van der Waals surface area contributed by atoms with E-state index in [1.165, 1.54) is 85.1 Å². The van der Waals surface area contributed by atoms with Crippen LogP contribution in [-0.2, 0) is 0 Å². The molecule has 0 bridgehead atoms. The lowest BCUT2D eigenvalue weighted by Gasteiger charge is -1.99. The molecule has 0 fully saturated rings. The largest absolute Gasteiger partial charge is 0.144 e. The molecule has 0 aliphatic heterocycles. The predicted octanol–water partition coefficient (Wildman–Crippen LogP) is 10.7. The average molecular weight is 433 g/mol. The monoisotopic (exact) mass is 432 g/mol. The smallest absolute Gasteiger partial charge is 0.0342 e. The number of fused-ring (bicyclic) bond motifs is 2. The van der Waals surface area contributed by atoms with Gasteiger partial charge in [-0.1, -0.05) is 145 Å². The van der Waals surface area contributed by atoms with E-state index in [-0.39, 0.29) is 0 Å². The Bertz CT molecular complexity index is 831. The van der Waals surface area contributed by atoms with Crippen molar-refractivity contribution in [2.24, 2.45) is 0 Å². The van der Waals surface area contributed by atoms with Gasteiger partial charge in [0, 0.05) is 4.70 Å². The molecule has 0 spiro atoms. The van der Waals surface area contributed by atoms with Crippen LogP contribution in [0.5, 0.6) is 0 Å². The van der Waals surface area contributed by atoms with Gasteiger partial charge in [0.1, 0.15) is 0 Å². The van der Waals surface area contributed by atoms with Crippen LogP contribution in [0.1, 0.15) is 78.1 Å².